The first-order valence-corrected chi connectivity index (χ1v) is 13.5. The Hall–Kier alpha value is -4.56. The lowest BCUT2D eigenvalue weighted by atomic mass is 9.95. The van der Waals surface area contributed by atoms with Crippen molar-refractivity contribution in [1.29, 1.82) is 0 Å². The van der Waals surface area contributed by atoms with Gasteiger partial charge in [0.2, 0.25) is 11.5 Å². The van der Waals surface area contributed by atoms with Crippen molar-refractivity contribution < 1.29 is 4.85 Å². The summed E-state index contributed by atoms with van der Waals surface area (Å²) in [6.07, 6.45) is 3.55. The minimum absolute atomic E-state index is 0.0491. The molecule has 2 heterocycles. The van der Waals surface area contributed by atoms with Gasteiger partial charge in [-0.3, -0.25) is 0 Å². The molecule has 0 saturated heterocycles. The summed E-state index contributed by atoms with van der Waals surface area (Å²) in [6.45, 7) is 2.66. The predicted molar refractivity (Wildman–Crippen MR) is 153 cm³/mol. The molecule has 6 rings (SSSR count). The van der Waals surface area contributed by atoms with Gasteiger partial charge < -0.3 is 5.21 Å². The molecule has 1 unspecified atom stereocenters. The van der Waals surface area contributed by atoms with E-state index >= 15 is 0 Å². The van der Waals surface area contributed by atoms with E-state index in [2.05, 4.69) is 93.6 Å². The van der Waals surface area contributed by atoms with Crippen LogP contribution in [0.2, 0.25) is 0 Å². The Bertz CT molecular complexity index is 1600. The molecule has 5 aromatic rings. The van der Waals surface area contributed by atoms with Crippen molar-refractivity contribution in [2.24, 2.45) is 0 Å². The van der Waals surface area contributed by atoms with E-state index in [4.69, 9.17) is 0 Å². The van der Waals surface area contributed by atoms with Gasteiger partial charge in [-0.15, -0.1) is 10.2 Å². The third-order valence-corrected chi connectivity index (χ3v) is 7.32. The second-order valence-corrected chi connectivity index (χ2v) is 9.97. The summed E-state index contributed by atoms with van der Waals surface area (Å²) in [5, 5.41) is 32.0. The van der Waals surface area contributed by atoms with E-state index in [1.165, 1.54) is 16.3 Å². The highest BCUT2D eigenvalue weighted by molar-refractivity contribution is 5.86. The molecule has 1 atom stereocenters. The average molecular weight is 518 g/mol. The van der Waals surface area contributed by atoms with Crippen molar-refractivity contribution >= 4 is 16.5 Å². The van der Waals surface area contributed by atoms with Gasteiger partial charge in [0.25, 0.3) is 0 Å². The number of H-pyrrole nitrogens is 1. The van der Waals surface area contributed by atoms with Crippen molar-refractivity contribution in [3.63, 3.8) is 0 Å². The van der Waals surface area contributed by atoms with Crippen molar-refractivity contribution in [2.75, 3.05) is 0 Å². The molecule has 0 spiro atoms. The first-order chi connectivity index (χ1) is 19.2. The molecule has 8 nitrogen and oxygen atoms in total. The van der Waals surface area contributed by atoms with Crippen molar-refractivity contribution in [3.8, 4) is 22.5 Å². The summed E-state index contributed by atoms with van der Waals surface area (Å²) >= 11 is 0. The summed E-state index contributed by atoms with van der Waals surface area (Å²) in [6, 6.07) is 31.2. The molecule has 0 bridgehead atoms. The number of rotatable bonds is 9. The second kappa shape index (κ2) is 11.0. The van der Waals surface area contributed by atoms with Gasteiger partial charge in [-0.1, -0.05) is 108 Å². The summed E-state index contributed by atoms with van der Waals surface area (Å²) in [7, 11) is 0. The van der Waals surface area contributed by atoms with Gasteiger partial charge in [0.15, 0.2) is 0 Å². The van der Waals surface area contributed by atoms with E-state index in [1.54, 1.807) is 5.12 Å². The molecule has 0 radical (unpaired) electrons. The highest BCUT2D eigenvalue weighted by atomic mass is 16.5. The van der Waals surface area contributed by atoms with Crippen LogP contribution in [0.4, 0.5) is 0 Å². The first kappa shape index (κ1) is 24.8. The quantitative estimate of drug-likeness (QED) is 0.193. The smallest absolute Gasteiger partial charge is 0.216 e. The summed E-state index contributed by atoms with van der Waals surface area (Å²) < 4.78 is 0. The van der Waals surface area contributed by atoms with Crippen LogP contribution in [0.25, 0.3) is 33.3 Å². The minimum atomic E-state index is -0.0491. The van der Waals surface area contributed by atoms with Crippen LogP contribution in [0.3, 0.4) is 0 Å². The van der Waals surface area contributed by atoms with Gasteiger partial charge in [0.1, 0.15) is 12.6 Å². The molecule has 1 aromatic heterocycles. The maximum absolute atomic E-state index is 13.4. The third-order valence-electron chi connectivity index (χ3n) is 7.32. The van der Waals surface area contributed by atoms with Crippen LogP contribution >= 0.6 is 0 Å². The SMILES string of the molecule is CCCCC1=[N+]([O-])N(Cc2ccc3ccccc3c2)NC1Cc1ccc(-c2ccccc2-c2nn[nH]n2)cc1. The van der Waals surface area contributed by atoms with E-state index in [9.17, 15) is 5.21 Å². The molecule has 196 valence electrons. The highest BCUT2D eigenvalue weighted by Crippen LogP contribution is 2.30. The number of hydrazine groups is 2. The Morgan fingerprint density at radius 1 is 0.872 bits per heavy atom. The van der Waals surface area contributed by atoms with E-state index in [1.807, 2.05) is 30.3 Å². The lowest BCUT2D eigenvalue weighted by Gasteiger charge is -2.17. The number of fused-ring (bicyclic) bond motifs is 1. The fourth-order valence-electron chi connectivity index (χ4n) is 5.27. The molecule has 0 saturated carbocycles. The molecule has 4 aromatic carbocycles. The second-order valence-electron chi connectivity index (χ2n) is 9.97. The van der Waals surface area contributed by atoms with Gasteiger partial charge in [-0.2, -0.15) is 10.6 Å². The fourth-order valence-corrected chi connectivity index (χ4v) is 5.27. The molecule has 2 N–H and O–H groups in total. The van der Waals surface area contributed by atoms with Gasteiger partial charge in [0.05, 0.1) is 0 Å². The summed E-state index contributed by atoms with van der Waals surface area (Å²) in [5.74, 6) is 0.571. The maximum atomic E-state index is 13.4. The number of hydrogen-bond donors (Lipinski definition) is 2. The molecule has 0 fully saturated rings. The van der Waals surface area contributed by atoms with Crippen LogP contribution in [0.15, 0.2) is 91.0 Å². The van der Waals surface area contributed by atoms with Crippen LogP contribution in [0.5, 0.6) is 0 Å². The molecule has 1 aliphatic heterocycles. The Kier molecular flexibility index (Phi) is 7.01. The molecule has 39 heavy (non-hydrogen) atoms. The normalized spacial score (nSPS) is 15.4. The highest BCUT2D eigenvalue weighted by Gasteiger charge is 2.35. The number of aromatic amines is 1. The Morgan fingerprint density at radius 2 is 1.62 bits per heavy atom. The molecule has 1 aliphatic rings. The molecule has 0 aliphatic carbocycles. The monoisotopic (exact) mass is 517 g/mol. The fraction of sp³-hybridized carbons (Fsp3) is 0.226. The zero-order valence-corrected chi connectivity index (χ0v) is 21.9. The number of tetrazole rings is 1. The molecular weight excluding hydrogens is 486 g/mol. The Morgan fingerprint density at radius 3 is 2.38 bits per heavy atom. The first-order valence-electron chi connectivity index (χ1n) is 13.5. The summed E-state index contributed by atoms with van der Waals surface area (Å²) in [4.78, 5) is 1.09. The van der Waals surface area contributed by atoms with Gasteiger partial charge in [0, 0.05) is 12.0 Å². The van der Waals surface area contributed by atoms with Crippen LogP contribution in [-0.4, -0.2) is 42.3 Å². The lowest BCUT2D eigenvalue weighted by molar-refractivity contribution is -0.645. The lowest BCUT2D eigenvalue weighted by Crippen LogP contribution is -2.41. The van der Waals surface area contributed by atoms with Crippen LogP contribution in [0.1, 0.15) is 37.3 Å². The number of aromatic nitrogens is 4. The van der Waals surface area contributed by atoms with Crippen LogP contribution < -0.4 is 5.43 Å². The van der Waals surface area contributed by atoms with Crippen LogP contribution in [-0.2, 0) is 13.0 Å². The topological polar surface area (TPSA) is 95.8 Å². The van der Waals surface area contributed by atoms with E-state index < -0.39 is 0 Å². The van der Waals surface area contributed by atoms with Gasteiger partial charge >= 0.3 is 0 Å². The van der Waals surface area contributed by atoms with Crippen molar-refractivity contribution in [3.05, 3.63) is 107 Å². The number of benzene rings is 4. The van der Waals surface area contributed by atoms with E-state index in [0.717, 1.165) is 58.5 Å². The summed E-state index contributed by atoms with van der Waals surface area (Å²) in [5.41, 5.74) is 9.72. The van der Waals surface area contributed by atoms with Gasteiger partial charge in [-0.25, -0.2) is 0 Å². The number of hydrogen-bond acceptors (Lipinski definition) is 6. The number of unbranched alkanes of at least 4 members (excludes halogenated alkanes) is 1. The number of nitrogens with one attached hydrogen (secondary N) is 2. The standard InChI is InChI=1S/C31H31N7O/c1-2-3-12-30-29(34-37(38(30)39)21-23-15-16-24-8-4-5-9-26(24)19-23)20-22-13-17-25(18-14-22)27-10-6-7-11-28(27)31-32-35-36-33-31/h4-11,13-19,29,34H,2-3,12,20-21H2,1H3,(H,32,33,35,36). The maximum Gasteiger partial charge on any atom is 0.216 e. The Balaban J connectivity index is 1.21. The van der Waals surface area contributed by atoms with Gasteiger partial charge in [-0.05, 0) is 57.1 Å². The largest absolute Gasteiger partial charge is 0.595 e. The number of nitrogens with zero attached hydrogens (tertiary/aromatic N) is 5. The Labute approximate surface area is 227 Å². The predicted octanol–water partition coefficient (Wildman–Crippen LogP) is 5.67. The van der Waals surface area contributed by atoms with Crippen molar-refractivity contribution in [1.82, 2.24) is 31.2 Å². The average Bonchev–Trinajstić information content (AvgIpc) is 3.61. The van der Waals surface area contributed by atoms with Crippen molar-refractivity contribution in [2.45, 2.75) is 45.2 Å². The molecule has 0 amide bonds. The minimum Gasteiger partial charge on any atom is -0.595 e. The zero-order chi connectivity index (χ0) is 26.6. The van der Waals surface area contributed by atoms with E-state index in [0.29, 0.717) is 12.4 Å². The van der Waals surface area contributed by atoms with Crippen LogP contribution in [0, 0.1) is 5.21 Å². The number of hydrazone groups is 1. The van der Waals surface area contributed by atoms with E-state index in [-0.39, 0.29) is 6.04 Å². The molecular formula is C31H31N7O. The third kappa shape index (κ3) is 5.24. The molecule has 8 heteroatoms. The zero-order valence-electron chi connectivity index (χ0n) is 21.9.